The van der Waals surface area contributed by atoms with Crippen LogP contribution in [0.5, 0.6) is 0 Å². The molecule has 1 aliphatic heterocycles. The number of carbonyl (C=O) groups excluding carboxylic acids is 2. The molecule has 0 bridgehead atoms. The fraction of sp³-hybridized carbons (Fsp3) is 0.261. The summed E-state index contributed by atoms with van der Waals surface area (Å²) in [6.07, 6.45) is 2.22. The lowest BCUT2D eigenvalue weighted by Crippen LogP contribution is -2.31. The second-order valence-electron chi connectivity index (χ2n) is 7.07. The van der Waals surface area contributed by atoms with Crippen molar-refractivity contribution in [3.63, 3.8) is 0 Å². The highest BCUT2D eigenvalue weighted by Crippen LogP contribution is 2.36. The summed E-state index contributed by atoms with van der Waals surface area (Å²) in [6.45, 7) is 4.01. The Morgan fingerprint density at radius 1 is 1.20 bits per heavy atom. The zero-order chi connectivity index (χ0) is 21.7. The topological polar surface area (TPSA) is 82.0 Å². The fourth-order valence-electron chi connectivity index (χ4n) is 3.21. The van der Waals surface area contributed by atoms with E-state index in [2.05, 4.69) is 16.7 Å². The van der Waals surface area contributed by atoms with Crippen LogP contribution < -0.4 is 10.6 Å². The van der Waals surface area contributed by atoms with Crippen molar-refractivity contribution in [2.75, 3.05) is 17.3 Å². The molecular weight excluding hydrogens is 414 g/mol. The molecule has 0 spiro atoms. The monoisotopic (exact) mass is 437 g/mol. The molecular formula is C23H23N3O2S2. The third-order valence-electron chi connectivity index (χ3n) is 5.01. The number of aryl methyl sites for hydroxylation is 2. The molecule has 2 amide bonds. The molecule has 1 heterocycles. The number of anilines is 1. The number of hydrogen-bond acceptors (Lipinski definition) is 5. The molecule has 7 heteroatoms. The summed E-state index contributed by atoms with van der Waals surface area (Å²) in [7, 11) is 0. The number of nitrogens with one attached hydrogen (secondary N) is 2. The fourth-order valence-corrected chi connectivity index (χ4v) is 4.49. The van der Waals surface area contributed by atoms with Crippen LogP contribution in [-0.2, 0) is 9.59 Å². The van der Waals surface area contributed by atoms with E-state index in [1.807, 2.05) is 62.6 Å². The summed E-state index contributed by atoms with van der Waals surface area (Å²) in [4.78, 5) is 25.8. The Labute approximate surface area is 185 Å². The van der Waals surface area contributed by atoms with E-state index in [0.29, 0.717) is 10.6 Å². The van der Waals surface area contributed by atoms with Gasteiger partial charge in [-0.2, -0.15) is 5.26 Å². The van der Waals surface area contributed by atoms with Crippen LogP contribution in [0.25, 0.3) is 0 Å². The average Bonchev–Trinajstić information content (AvgIpc) is 2.74. The first-order chi connectivity index (χ1) is 14.4. The Morgan fingerprint density at radius 3 is 2.57 bits per heavy atom. The molecule has 0 aromatic heterocycles. The van der Waals surface area contributed by atoms with E-state index in [4.69, 9.17) is 0 Å². The molecule has 2 aromatic rings. The summed E-state index contributed by atoms with van der Waals surface area (Å²) in [5, 5.41) is 15.9. The molecule has 3 rings (SSSR count). The van der Waals surface area contributed by atoms with Crippen molar-refractivity contribution in [3.05, 3.63) is 69.8 Å². The Morgan fingerprint density at radius 2 is 1.93 bits per heavy atom. The van der Waals surface area contributed by atoms with E-state index in [0.717, 1.165) is 27.3 Å². The molecule has 0 fully saturated rings. The van der Waals surface area contributed by atoms with Crippen molar-refractivity contribution in [1.82, 2.24) is 5.32 Å². The van der Waals surface area contributed by atoms with Gasteiger partial charge in [-0.1, -0.05) is 30.0 Å². The second-order valence-corrected chi connectivity index (χ2v) is 8.93. The van der Waals surface area contributed by atoms with Crippen LogP contribution in [0.1, 0.15) is 29.0 Å². The smallest absolute Gasteiger partial charge is 0.234 e. The highest BCUT2D eigenvalue weighted by Gasteiger charge is 2.29. The van der Waals surface area contributed by atoms with Crippen LogP contribution in [-0.4, -0.2) is 23.8 Å². The van der Waals surface area contributed by atoms with Gasteiger partial charge in [0, 0.05) is 22.9 Å². The predicted molar refractivity (Wildman–Crippen MR) is 123 cm³/mol. The quantitative estimate of drug-likeness (QED) is 0.638. The first-order valence-electron chi connectivity index (χ1n) is 9.49. The summed E-state index contributed by atoms with van der Waals surface area (Å²) in [5.41, 5.74) is 4.42. The maximum absolute atomic E-state index is 12.4. The molecule has 154 valence electrons. The summed E-state index contributed by atoms with van der Waals surface area (Å²) < 4.78 is 0. The Hall–Kier alpha value is -2.69. The van der Waals surface area contributed by atoms with Crippen molar-refractivity contribution in [2.45, 2.75) is 31.1 Å². The molecule has 2 aromatic carbocycles. The van der Waals surface area contributed by atoms with Crippen LogP contribution in [0.3, 0.4) is 0 Å². The van der Waals surface area contributed by atoms with E-state index < -0.39 is 0 Å². The summed E-state index contributed by atoms with van der Waals surface area (Å²) in [5.74, 6) is -0.532. The maximum atomic E-state index is 12.4. The second kappa shape index (κ2) is 9.88. The number of allylic oxidation sites excluding steroid dienone is 1. The van der Waals surface area contributed by atoms with Gasteiger partial charge in [0.1, 0.15) is 0 Å². The van der Waals surface area contributed by atoms with Crippen molar-refractivity contribution < 1.29 is 9.59 Å². The number of rotatable bonds is 6. The standard InChI is InChI=1S/C23H23N3O2S2/c1-14-4-7-17(10-15(14)2)25-22(28)13-30-23-20(12-24)19(11-21(27)26-23)16-5-8-18(29-3)9-6-16/h4-10,19H,11,13H2,1-3H3,(H,25,28)(H,26,27)/t19-/m0/s1. The highest BCUT2D eigenvalue weighted by atomic mass is 32.2. The molecule has 1 aliphatic rings. The molecule has 0 unspecified atom stereocenters. The van der Waals surface area contributed by atoms with Gasteiger partial charge in [-0.3, -0.25) is 9.59 Å². The van der Waals surface area contributed by atoms with Gasteiger partial charge in [0.15, 0.2) is 0 Å². The SMILES string of the molecule is CSc1ccc([C@@H]2CC(=O)NC(SCC(=O)Nc3ccc(C)c(C)c3)=C2C#N)cc1. The Balaban J connectivity index is 1.74. The molecule has 1 atom stereocenters. The zero-order valence-corrected chi connectivity index (χ0v) is 18.7. The number of benzene rings is 2. The van der Waals surface area contributed by atoms with Crippen molar-refractivity contribution in [3.8, 4) is 6.07 Å². The molecule has 30 heavy (non-hydrogen) atoms. The number of hydrogen-bond donors (Lipinski definition) is 2. The molecule has 0 aliphatic carbocycles. The van der Waals surface area contributed by atoms with Gasteiger partial charge in [0.2, 0.25) is 11.8 Å². The van der Waals surface area contributed by atoms with E-state index in [1.165, 1.54) is 11.8 Å². The van der Waals surface area contributed by atoms with Crippen LogP contribution in [0.15, 0.2) is 58.0 Å². The molecule has 5 nitrogen and oxygen atoms in total. The van der Waals surface area contributed by atoms with Gasteiger partial charge in [0.25, 0.3) is 0 Å². The number of nitrogens with zero attached hydrogens (tertiary/aromatic N) is 1. The lowest BCUT2D eigenvalue weighted by molar-refractivity contribution is -0.121. The van der Waals surface area contributed by atoms with Crippen LogP contribution in [0, 0.1) is 25.2 Å². The van der Waals surface area contributed by atoms with Gasteiger partial charge in [-0.15, -0.1) is 11.8 Å². The first kappa shape index (κ1) is 22.0. The van der Waals surface area contributed by atoms with Crippen molar-refractivity contribution >= 4 is 41.0 Å². The normalized spacial score (nSPS) is 16.1. The minimum atomic E-state index is -0.301. The third-order valence-corrected chi connectivity index (χ3v) is 6.77. The van der Waals surface area contributed by atoms with E-state index in [9.17, 15) is 14.9 Å². The number of thioether (sulfide) groups is 2. The molecule has 0 radical (unpaired) electrons. The zero-order valence-electron chi connectivity index (χ0n) is 17.1. The Kier molecular flexibility index (Phi) is 7.24. The van der Waals surface area contributed by atoms with Gasteiger partial charge in [-0.25, -0.2) is 0 Å². The average molecular weight is 438 g/mol. The molecule has 0 saturated heterocycles. The van der Waals surface area contributed by atoms with E-state index in [-0.39, 0.29) is 29.9 Å². The predicted octanol–water partition coefficient (Wildman–Crippen LogP) is 4.74. The first-order valence-corrected chi connectivity index (χ1v) is 11.7. The van der Waals surface area contributed by atoms with Crippen molar-refractivity contribution in [2.24, 2.45) is 0 Å². The van der Waals surface area contributed by atoms with Crippen molar-refractivity contribution in [1.29, 1.82) is 5.26 Å². The molecule has 0 saturated carbocycles. The number of amides is 2. The van der Waals surface area contributed by atoms with E-state index >= 15 is 0 Å². The third kappa shape index (κ3) is 5.26. The molecule has 2 N–H and O–H groups in total. The van der Waals surface area contributed by atoms with Crippen LogP contribution in [0.2, 0.25) is 0 Å². The van der Waals surface area contributed by atoms with Gasteiger partial charge >= 0.3 is 0 Å². The number of carbonyl (C=O) groups is 2. The minimum Gasteiger partial charge on any atom is -0.325 e. The minimum absolute atomic E-state index is 0.103. The largest absolute Gasteiger partial charge is 0.325 e. The summed E-state index contributed by atoms with van der Waals surface area (Å²) in [6, 6.07) is 15.9. The lowest BCUT2D eigenvalue weighted by Gasteiger charge is -2.25. The van der Waals surface area contributed by atoms with E-state index in [1.54, 1.807) is 11.8 Å². The summed E-state index contributed by atoms with van der Waals surface area (Å²) >= 11 is 2.82. The van der Waals surface area contributed by atoms with Gasteiger partial charge < -0.3 is 10.6 Å². The van der Waals surface area contributed by atoms with Gasteiger partial charge in [-0.05, 0) is 61.1 Å². The van der Waals surface area contributed by atoms with Crippen LogP contribution in [0.4, 0.5) is 5.69 Å². The maximum Gasteiger partial charge on any atom is 0.234 e. The Bertz CT molecular complexity index is 1040. The van der Waals surface area contributed by atoms with Crippen LogP contribution >= 0.6 is 23.5 Å². The van der Waals surface area contributed by atoms with Gasteiger partial charge in [0.05, 0.1) is 22.4 Å². The highest BCUT2D eigenvalue weighted by molar-refractivity contribution is 8.03. The number of nitriles is 1. The lowest BCUT2D eigenvalue weighted by atomic mass is 9.87.